The predicted octanol–water partition coefficient (Wildman–Crippen LogP) is 5.45. The van der Waals surface area contributed by atoms with Crippen LogP contribution in [0.4, 0.5) is 13.2 Å². The van der Waals surface area contributed by atoms with Gasteiger partial charge in [-0.1, -0.05) is 11.6 Å². The predicted molar refractivity (Wildman–Crippen MR) is 116 cm³/mol. The van der Waals surface area contributed by atoms with Crippen molar-refractivity contribution in [1.29, 1.82) is 0 Å². The van der Waals surface area contributed by atoms with E-state index in [2.05, 4.69) is 10.3 Å². The molecule has 2 aromatic rings. The van der Waals surface area contributed by atoms with Crippen molar-refractivity contribution in [2.24, 2.45) is 5.41 Å². The monoisotopic (exact) mass is 496 g/mol. The highest BCUT2D eigenvalue weighted by Crippen LogP contribution is 2.69. The molecule has 0 saturated heterocycles. The van der Waals surface area contributed by atoms with Crippen molar-refractivity contribution < 1.29 is 31.9 Å². The molecule has 1 aromatic heterocycles. The summed E-state index contributed by atoms with van der Waals surface area (Å²) in [5, 5.41) is 2.97. The van der Waals surface area contributed by atoms with Gasteiger partial charge in [-0.25, -0.2) is 18.2 Å². The lowest BCUT2D eigenvalue weighted by Gasteiger charge is -2.70. The van der Waals surface area contributed by atoms with Crippen molar-refractivity contribution in [3.8, 4) is 5.75 Å². The SMILES string of the molecule is O=C(COc1ccc(Cl)c(F)c1)CC12CC(NC(=O)c3cnc(C4CCC(F)(F)CC4)o3)(C1)C2. The summed E-state index contributed by atoms with van der Waals surface area (Å²) in [4.78, 5) is 29.1. The fourth-order valence-electron chi connectivity index (χ4n) is 5.69. The topological polar surface area (TPSA) is 81.4 Å². The highest BCUT2D eigenvalue weighted by Gasteiger charge is 2.68. The van der Waals surface area contributed by atoms with E-state index < -0.39 is 11.7 Å². The standard InChI is InChI=1S/C24H24ClF3N2O4/c25-17-2-1-16(7-18(17)26)33-10-15(31)8-22-11-23(12-22,13-22)30-20(32)19-9-29-21(34-19)14-3-5-24(27,28)6-4-14/h1-2,7,9,14H,3-6,8,10-13H2,(H,30,32). The molecule has 1 amide bonds. The Kier molecular flexibility index (Phi) is 5.66. The van der Waals surface area contributed by atoms with Crippen molar-refractivity contribution >= 4 is 23.3 Å². The third-order valence-corrected chi connectivity index (χ3v) is 7.50. The van der Waals surface area contributed by atoms with Gasteiger partial charge >= 0.3 is 0 Å². The van der Waals surface area contributed by atoms with E-state index in [-0.39, 0.29) is 77.4 Å². The second-order valence-corrected chi connectivity index (χ2v) is 10.4. The lowest BCUT2D eigenvalue weighted by Crippen LogP contribution is -2.75. The van der Waals surface area contributed by atoms with Crippen LogP contribution in [0.1, 0.15) is 73.7 Å². The van der Waals surface area contributed by atoms with Gasteiger partial charge in [-0.05, 0) is 49.7 Å². The van der Waals surface area contributed by atoms with Crippen molar-refractivity contribution in [2.75, 3.05) is 6.61 Å². The van der Waals surface area contributed by atoms with E-state index >= 15 is 0 Å². The van der Waals surface area contributed by atoms with Crippen LogP contribution >= 0.6 is 11.6 Å². The molecule has 4 saturated carbocycles. The minimum Gasteiger partial charge on any atom is -0.486 e. The van der Waals surface area contributed by atoms with Crippen LogP contribution in [-0.4, -0.2) is 34.7 Å². The summed E-state index contributed by atoms with van der Waals surface area (Å²) in [6, 6.07) is 4.01. The van der Waals surface area contributed by atoms with Crippen molar-refractivity contribution in [2.45, 2.75) is 68.7 Å². The zero-order valence-corrected chi connectivity index (χ0v) is 19.1. The quantitative estimate of drug-likeness (QED) is 0.525. The van der Waals surface area contributed by atoms with Gasteiger partial charge in [-0.3, -0.25) is 9.59 Å². The number of carbonyl (C=O) groups excluding carboxylic acids is 2. The molecule has 1 N–H and O–H groups in total. The molecule has 0 radical (unpaired) electrons. The van der Waals surface area contributed by atoms with E-state index in [0.29, 0.717) is 31.6 Å². The number of nitrogens with zero attached hydrogens (tertiary/aromatic N) is 1. The Morgan fingerprint density at radius 1 is 1.21 bits per heavy atom. The van der Waals surface area contributed by atoms with Gasteiger partial charge in [0, 0.05) is 36.8 Å². The Morgan fingerprint density at radius 2 is 1.91 bits per heavy atom. The summed E-state index contributed by atoms with van der Waals surface area (Å²) in [7, 11) is 0. The minimum atomic E-state index is -2.63. The number of halogens is 4. The van der Waals surface area contributed by atoms with Crippen LogP contribution in [0.15, 0.2) is 28.8 Å². The van der Waals surface area contributed by atoms with Gasteiger partial charge in [0.15, 0.2) is 11.7 Å². The van der Waals surface area contributed by atoms with Crippen LogP contribution in [0.25, 0.3) is 0 Å². The molecular weight excluding hydrogens is 473 g/mol. The van der Waals surface area contributed by atoms with Gasteiger partial charge in [0.25, 0.3) is 5.91 Å². The van der Waals surface area contributed by atoms with Gasteiger partial charge in [-0.15, -0.1) is 0 Å². The largest absolute Gasteiger partial charge is 0.486 e. The first-order chi connectivity index (χ1) is 16.1. The summed E-state index contributed by atoms with van der Waals surface area (Å²) in [5.41, 5.74) is -0.490. The number of aromatic nitrogens is 1. The van der Waals surface area contributed by atoms with E-state index in [1.165, 1.54) is 18.3 Å². The average molecular weight is 497 g/mol. The van der Waals surface area contributed by atoms with Crippen molar-refractivity contribution in [3.63, 3.8) is 0 Å². The van der Waals surface area contributed by atoms with E-state index in [9.17, 15) is 22.8 Å². The summed E-state index contributed by atoms with van der Waals surface area (Å²) >= 11 is 5.63. The first-order valence-corrected chi connectivity index (χ1v) is 11.7. The van der Waals surface area contributed by atoms with E-state index in [1.54, 1.807) is 0 Å². The molecule has 0 spiro atoms. The summed E-state index contributed by atoms with van der Waals surface area (Å²) in [5.74, 6) is -3.26. The Balaban J connectivity index is 1.07. The van der Waals surface area contributed by atoms with E-state index in [1.807, 2.05) is 0 Å². The number of ketones is 1. The summed E-state index contributed by atoms with van der Waals surface area (Å²) < 4.78 is 51.1. The van der Waals surface area contributed by atoms with Gasteiger partial charge in [0.2, 0.25) is 11.7 Å². The van der Waals surface area contributed by atoms with Crippen molar-refractivity contribution in [1.82, 2.24) is 10.3 Å². The number of hydrogen-bond donors (Lipinski definition) is 1. The molecule has 6 nitrogen and oxygen atoms in total. The summed E-state index contributed by atoms with van der Waals surface area (Å²) in [6.45, 7) is -0.157. The number of rotatable bonds is 8. The molecule has 0 unspecified atom stereocenters. The number of Topliss-reactive ketones (excluding diaryl/α,β-unsaturated/α-hetero) is 1. The maximum Gasteiger partial charge on any atom is 0.289 e. The normalized spacial score (nSPS) is 27.4. The zero-order valence-electron chi connectivity index (χ0n) is 18.3. The maximum atomic E-state index is 13.5. The van der Waals surface area contributed by atoms with E-state index in [4.69, 9.17) is 20.8 Å². The third kappa shape index (κ3) is 4.54. The lowest BCUT2D eigenvalue weighted by molar-refractivity contribution is -0.162. The molecule has 4 fully saturated rings. The average Bonchev–Trinajstić information content (AvgIpc) is 3.22. The van der Waals surface area contributed by atoms with Gasteiger partial charge in [-0.2, -0.15) is 0 Å². The van der Waals surface area contributed by atoms with Crippen LogP contribution in [0, 0.1) is 11.2 Å². The van der Waals surface area contributed by atoms with Gasteiger partial charge < -0.3 is 14.5 Å². The Bertz CT molecular complexity index is 1110. The number of carbonyl (C=O) groups is 2. The maximum absolute atomic E-state index is 13.5. The molecule has 0 aliphatic heterocycles. The number of amides is 1. The van der Waals surface area contributed by atoms with Crippen LogP contribution < -0.4 is 10.1 Å². The second kappa shape index (κ2) is 8.29. The van der Waals surface area contributed by atoms with Crippen LogP contribution in [-0.2, 0) is 4.79 Å². The molecule has 0 atom stereocenters. The Hall–Kier alpha value is -2.55. The summed E-state index contributed by atoms with van der Waals surface area (Å²) in [6.07, 6.45) is 3.90. The first-order valence-electron chi connectivity index (χ1n) is 11.3. The fourth-order valence-corrected chi connectivity index (χ4v) is 5.81. The Labute approximate surface area is 199 Å². The molecular formula is C24H24ClF3N2O4. The molecule has 182 valence electrons. The molecule has 10 heteroatoms. The van der Waals surface area contributed by atoms with Gasteiger partial charge in [0.05, 0.1) is 11.2 Å². The van der Waals surface area contributed by atoms with Crippen LogP contribution in [0.3, 0.4) is 0 Å². The third-order valence-electron chi connectivity index (χ3n) is 7.20. The molecule has 4 aliphatic carbocycles. The highest BCUT2D eigenvalue weighted by molar-refractivity contribution is 6.30. The number of hydrogen-bond acceptors (Lipinski definition) is 5. The molecule has 1 aromatic carbocycles. The molecule has 34 heavy (non-hydrogen) atoms. The van der Waals surface area contributed by atoms with Gasteiger partial charge in [0.1, 0.15) is 18.2 Å². The zero-order chi connectivity index (χ0) is 24.1. The fraction of sp³-hybridized carbons (Fsp3) is 0.542. The van der Waals surface area contributed by atoms with Crippen LogP contribution in [0.2, 0.25) is 5.02 Å². The lowest BCUT2D eigenvalue weighted by atomic mass is 9.38. The van der Waals surface area contributed by atoms with E-state index in [0.717, 1.165) is 6.07 Å². The minimum absolute atomic E-state index is 0.0138. The first kappa shape index (κ1) is 23.2. The number of alkyl halides is 2. The van der Waals surface area contributed by atoms with Crippen LogP contribution in [0.5, 0.6) is 5.75 Å². The molecule has 4 aliphatic rings. The second-order valence-electron chi connectivity index (χ2n) is 10.0. The van der Waals surface area contributed by atoms with Crippen molar-refractivity contribution in [3.05, 3.63) is 46.9 Å². The molecule has 6 rings (SSSR count). The smallest absolute Gasteiger partial charge is 0.289 e. The number of nitrogens with one attached hydrogen (secondary N) is 1. The molecule has 2 bridgehead atoms. The highest BCUT2D eigenvalue weighted by atomic mass is 35.5. The molecule has 1 heterocycles. The Morgan fingerprint density at radius 3 is 2.59 bits per heavy atom. The number of oxazole rings is 1. The number of benzene rings is 1. The number of ether oxygens (including phenoxy) is 1.